The Bertz CT molecular complexity index is 3630. The summed E-state index contributed by atoms with van der Waals surface area (Å²) in [5, 5.41) is 15.5. The molecule has 10 aromatic rings. The van der Waals surface area contributed by atoms with E-state index < -0.39 is 27.4 Å². The SMILES string of the molecule is [2H]C([2H])([2H])c1ccc(-c2[c-]cc(C([2H])([2H])[2H])c(-c3ccccc3)c2)nc1.[2H]C([2H])([2H])c1cnc(-c2[c-]ccc3c2oc2cc4c(ccc5ccccc54)cc23)cc1-c1ccc(C#N)cc1C([2H])([2H])[2H].[Ir]. The van der Waals surface area contributed by atoms with Gasteiger partial charge in [0.05, 0.1) is 17.2 Å². The standard InChI is InChI=1S/C34H21N2O.C19H16N.Ir/c1-20-14-22(18-35)10-13-25(20)29-16-32(36-19-21(29)2)28-9-5-8-27-31-15-24-12-11-23-6-3-4-7-26(23)30(24)17-33(31)37-34(27)28;1-14-8-11-19(20-13-14)17-10-9-15(2)18(12-17)16-6-4-3-5-7-16;/h3-8,10-17,19H,1-2H3;3-9,11-13H,1-2H3;/q2*-1;/i2*1D3,2D3;. The molecule has 0 saturated carbocycles. The van der Waals surface area contributed by atoms with E-state index in [4.69, 9.17) is 20.9 Å². The number of rotatable bonds is 4. The summed E-state index contributed by atoms with van der Waals surface area (Å²) in [5.41, 5.74) is 5.35. The van der Waals surface area contributed by atoms with E-state index in [9.17, 15) is 5.26 Å². The molecule has 0 aliphatic carbocycles. The Labute approximate surface area is 368 Å². The van der Waals surface area contributed by atoms with Crippen LogP contribution in [0.3, 0.4) is 0 Å². The predicted octanol–water partition coefficient (Wildman–Crippen LogP) is 13.7. The summed E-state index contributed by atoms with van der Waals surface area (Å²) in [4.78, 5) is 8.71. The first-order valence-corrected chi connectivity index (χ1v) is 18.0. The third-order valence-electron chi connectivity index (χ3n) is 9.97. The van der Waals surface area contributed by atoms with Crippen LogP contribution in [0.5, 0.6) is 0 Å². The minimum absolute atomic E-state index is 0. The third-order valence-corrected chi connectivity index (χ3v) is 9.97. The van der Waals surface area contributed by atoms with Crippen LogP contribution in [0.4, 0.5) is 0 Å². The second-order valence-electron chi connectivity index (χ2n) is 13.5. The minimum Gasteiger partial charge on any atom is -0.501 e. The fourth-order valence-corrected chi connectivity index (χ4v) is 7.15. The zero-order valence-electron chi connectivity index (χ0n) is 42.5. The molecular weight excluding hydrogens is 887 g/mol. The summed E-state index contributed by atoms with van der Waals surface area (Å²) in [6.45, 7) is -9.64. The molecule has 5 heteroatoms. The first-order chi connectivity index (χ1) is 32.7. The van der Waals surface area contributed by atoms with Crippen molar-refractivity contribution in [2.24, 2.45) is 0 Å². The fourth-order valence-electron chi connectivity index (χ4n) is 7.15. The Balaban J connectivity index is 0.000000210. The van der Waals surface area contributed by atoms with E-state index in [0.29, 0.717) is 39.2 Å². The predicted molar refractivity (Wildman–Crippen MR) is 234 cm³/mol. The molecule has 0 amide bonds. The van der Waals surface area contributed by atoms with Crippen molar-refractivity contribution in [1.82, 2.24) is 9.97 Å². The maximum atomic E-state index is 9.39. The van der Waals surface area contributed by atoms with Gasteiger partial charge < -0.3 is 14.4 Å². The van der Waals surface area contributed by atoms with Crippen LogP contribution in [-0.2, 0) is 20.1 Å². The van der Waals surface area contributed by atoms with Gasteiger partial charge in [0, 0.05) is 54.3 Å². The molecule has 3 heterocycles. The van der Waals surface area contributed by atoms with E-state index in [-0.39, 0.29) is 59.0 Å². The molecule has 1 radical (unpaired) electrons. The van der Waals surface area contributed by atoms with E-state index in [0.717, 1.165) is 37.9 Å². The minimum atomic E-state index is -2.59. The first kappa shape index (κ1) is 26.3. The van der Waals surface area contributed by atoms with E-state index >= 15 is 0 Å². The van der Waals surface area contributed by atoms with Crippen molar-refractivity contribution in [3.63, 3.8) is 0 Å². The Kier molecular flexibility index (Phi) is 7.26. The number of hydrogen-bond donors (Lipinski definition) is 0. The summed E-state index contributed by atoms with van der Waals surface area (Å²) in [6.07, 6.45) is 2.57. The number of furan rings is 1. The second-order valence-corrected chi connectivity index (χ2v) is 13.5. The monoisotopic (exact) mass is 936 g/mol. The molecule has 0 aliphatic heterocycles. The Hall–Kier alpha value is -6.70. The number of aromatic nitrogens is 2. The number of benzene rings is 7. The van der Waals surface area contributed by atoms with Gasteiger partial charge in [0.1, 0.15) is 5.58 Å². The van der Waals surface area contributed by atoms with Gasteiger partial charge in [0.25, 0.3) is 0 Å². The maximum absolute atomic E-state index is 9.39. The maximum Gasteiger partial charge on any atom is 0.121 e. The number of fused-ring (bicyclic) bond motifs is 6. The molecule has 58 heavy (non-hydrogen) atoms. The molecule has 0 saturated heterocycles. The van der Waals surface area contributed by atoms with E-state index in [1.165, 1.54) is 42.7 Å². The van der Waals surface area contributed by atoms with E-state index in [2.05, 4.69) is 52.4 Å². The molecule has 0 N–H and O–H groups in total. The van der Waals surface area contributed by atoms with Crippen LogP contribution in [0.1, 0.15) is 44.3 Å². The van der Waals surface area contributed by atoms with Gasteiger partial charge in [0.15, 0.2) is 0 Å². The molecule has 0 atom stereocenters. The molecule has 0 bridgehead atoms. The first-order valence-electron chi connectivity index (χ1n) is 24.0. The van der Waals surface area contributed by atoms with Crippen molar-refractivity contribution in [2.75, 3.05) is 0 Å². The molecular formula is C53H37IrN3O-2. The summed E-state index contributed by atoms with van der Waals surface area (Å²) in [5.74, 6) is 0. The zero-order chi connectivity index (χ0) is 49.0. The summed E-state index contributed by atoms with van der Waals surface area (Å²) < 4.78 is 101. The summed E-state index contributed by atoms with van der Waals surface area (Å²) in [6, 6.07) is 49.7. The van der Waals surface area contributed by atoms with Crippen LogP contribution in [0.15, 0.2) is 156 Å². The van der Waals surface area contributed by atoms with Gasteiger partial charge in [-0.25, -0.2) is 0 Å². The smallest absolute Gasteiger partial charge is 0.121 e. The number of hydrogen-bond acceptors (Lipinski definition) is 4. The van der Waals surface area contributed by atoms with Gasteiger partial charge >= 0.3 is 0 Å². The van der Waals surface area contributed by atoms with Gasteiger partial charge in [-0.3, -0.25) is 0 Å². The van der Waals surface area contributed by atoms with Crippen molar-refractivity contribution in [3.05, 3.63) is 192 Å². The normalized spacial score (nSPS) is 14.9. The molecule has 10 rings (SSSR count). The second kappa shape index (κ2) is 16.0. The van der Waals surface area contributed by atoms with Crippen LogP contribution in [-0.4, -0.2) is 9.97 Å². The molecule has 3 aromatic heterocycles. The van der Waals surface area contributed by atoms with Crippen LogP contribution < -0.4 is 0 Å². The topological polar surface area (TPSA) is 62.7 Å². The number of pyridine rings is 2. The van der Waals surface area contributed by atoms with Gasteiger partial charge in [-0.05, 0) is 111 Å². The van der Waals surface area contributed by atoms with Gasteiger partial charge in [-0.1, -0.05) is 114 Å². The molecule has 0 aliphatic rings. The van der Waals surface area contributed by atoms with Crippen LogP contribution in [0.25, 0.3) is 88.3 Å². The molecule has 0 spiro atoms. The molecule has 0 fully saturated rings. The average molecular weight is 936 g/mol. The average Bonchev–Trinajstić information content (AvgIpc) is 3.70. The molecule has 0 unspecified atom stereocenters. The van der Waals surface area contributed by atoms with Crippen molar-refractivity contribution >= 4 is 43.5 Å². The summed E-state index contributed by atoms with van der Waals surface area (Å²) in [7, 11) is 0. The van der Waals surface area contributed by atoms with Gasteiger partial charge in [-0.2, -0.15) is 5.26 Å². The third kappa shape index (κ3) is 7.21. The summed E-state index contributed by atoms with van der Waals surface area (Å²) >= 11 is 0. The largest absolute Gasteiger partial charge is 0.501 e. The fraction of sp³-hybridized carbons (Fsp3) is 0.0755. The Morgan fingerprint density at radius 2 is 1.43 bits per heavy atom. The van der Waals surface area contributed by atoms with Gasteiger partial charge in [0.2, 0.25) is 0 Å². The van der Waals surface area contributed by atoms with Crippen LogP contribution in [0.2, 0.25) is 0 Å². The molecule has 281 valence electrons. The van der Waals surface area contributed by atoms with Crippen LogP contribution in [0, 0.1) is 50.9 Å². The van der Waals surface area contributed by atoms with Crippen molar-refractivity contribution < 1.29 is 41.0 Å². The van der Waals surface area contributed by atoms with Crippen molar-refractivity contribution in [2.45, 2.75) is 27.4 Å². The zero-order valence-corrected chi connectivity index (χ0v) is 32.9. The van der Waals surface area contributed by atoms with E-state index in [1.54, 1.807) is 24.3 Å². The van der Waals surface area contributed by atoms with Crippen molar-refractivity contribution in [3.8, 4) is 50.8 Å². The molecule has 7 aromatic carbocycles. The van der Waals surface area contributed by atoms with Crippen molar-refractivity contribution in [1.29, 1.82) is 5.26 Å². The molecule has 4 nitrogen and oxygen atoms in total. The Morgan fingerprint density at radius 3 is 2.24 bits per heavy atom. The Morgan fingerprint density at radius 1 is 0.603 bits per heavy atom. The number of aryl methyl sites for hydroxylation is 4. The quantitative estimate of drug-likeness (QED) is 0.130. The number of nitrogens with zero attached hydrogens (tertiary/aromatic N) is 3. The van der Waals surface area contributed by atoms with E-state index in [1.807, 2.05) is 60.7 Å². The van der Waals surface area contributed by atoms with Gasteiger partial charge in [-0.15, -0.1) is 47.5 Å². The number of nitriles is 1. The van der Waals surface area contributed by atoms with Crippen LogP contribution >= 0.6 is 0 Å².